The summed E-state index contributed by atoms with van der Waals surface area (Å²) in [6, 6.07) is 21.0. The van der Waals surface area contributed by atoms with E-state index in [2.05, 4.69) is 0 Å². The van der Waals surface area contributed by atoms with Gasteiger partial charge in [-0.3, -0.25) is 14.5 Å². The molecule has 2 heterocycles. The third-order valence-corrected chi connectivity index (χ3v) is 8.57. The van der Waals surface area contributed by atoms with Gasteiger partial charge in [-0.1, -0.05) is 61.0 Å². The van der Waals surface area contributed by atoms with E-state index in [0.29, 0.717) is 28.4 Å². The maximum atomic E-state index is 14.1. The zero-order chi connectivity index (χ0) is 23.4. The van der Waals surface area contributed by atoms with Gasteiger partial charge in [0.05, 0.1) is 12.2 Å². The fourth-order valence-corrected chi connectivity index (χ4v) is 7.03. The van der Waals surface area contributed by atoms with E-state index in [0.717, 1.165) is 11.1 Å². The molecule has 1 fully saturated rings. The van der Waals surface area contributed by atoms with E-state index < -0.39 is 32.3 Å². The van der Waals surface area contributed by atoms with Gasteiger partial charge in [-0.25, -0.2) is 8.42 Å². The third-order valence-electron chi connectivity index (χ3n) is 6.23. The summed E-state index contributed by atoms with van der Waals surface area (Å²) in [6.07, 6.45) is 0.709. The number of rotatable bonds is 4. The molecule has 8 heteroatoms. The average Bonchev–Trinajstić information content (AvgIpc) is 3.16. The van der Waals surface area contributed by atoms with Crippen LogP contribution in [0.5, 0.6) is 0 Å². The van der Waals surface area contributed by atoms with Crippen molar-refractivity contribution in [1.29, 1.82) is 0 Å². The van der Waals surface area contributed by atoms with Crippen molar-refractivity contribution < 1.29 is 18.0 Å². The van der Waals surface area contributed by atoms with Crippen molar-refractivity contribution >= 4 is 44.6 Å². The van der Waals surface area contributed by atoms with Gasteiger partial charge in [0.1, 0.15) is 5.75 Å². The Morgan fingerprint density at radius 2 is 1.67 bits per heavy atom. The highest BCUT2D eigenvalue weighted by Gasteiger charge is 2.69. The maximum absolute atomic E-state index is 14.1. The Morgan fingerprint density at radius 1 is 0.939 bits per heavy atom. The normalized spacial score (nSPS) is 21.2. The number of hydrogen-bond donors (Lipinski definition) is 0. The summed E-state index contributed by atoms with van der Waals surface area (Å²) in [4.78, 5) is 27.8. The zero-order valence-corrected chi connectivity index (χ0v) is 19.4. The summed E-state index contributed by atoms with van der Waals surface area (Å²) in [5.74, 6) is -2.00. The quantitative estimate of drug-likeness (QED) is 0.564. The molecule has 6 nitrogen and oxygen atoms in total. The molecule has 1 spiro atoms. The summed E-state index contributed by atoms with van der Waals surface area (Å²) in [7, 11) is -4.19. The van der Waals surface area contributed by atoms with Gasteiger partial charge in [0.25, 0.3) is 10.8 Å². The lowest BCUT2D eigenvalue weighted by Gasteiger charge is -2.33. The average molecular weight is 481 g/mol. The van der Waals surface area contributed by atoms with Crippen molar-refractivity contribution in [3.8, 4) is 0 Å². The van der Waals surface area contributed by atoms with Crippen LogP contribution in [-0.4, -0.2) is 26.0 Å². The molecule has 0 saturated carbocycles. The largest absolute Gasteiger partial charge is 0.304 e. The molecule has 2 aliphatic rings. The Hall–Kier alpha value is -3.16. The Kier molecular flexibility index (Phi) is 5.06. The van der Waals surface area contributed by atoms with Gasteiger partial charge in [0.2, 0.25) is 5.91 Å². The van der Waals surface area contributed by atoms with Crippen LogP contribution in [0.2, 0.25) is 5.02 Å². The molecule has 0 radical (unpaired) electrons. The van der Waals surface area contributed by atoms with Gasteiger partial charge in [0, 0.05) is 16.3 Å². The standard InChI is InChI=1S/C25H21ClN2O4S/c1-2-17-7-6-10-20(14-17)28-23(29)16-33(31,32)25(28)21-11-3-4-12-22(21)27(24(25)30)15-18-8-5-9-19(26)13-18/h3-14H,2,15-16H2,1H3. The summed E-state index contributed by atoms with van der Waals surface area (Å²) >= 11 is 6.13. The fraction of sp³-hybridized carbons (Fsp3) is 0.200. The molecule has 2 aliphatic heterocycles. The number of carbonyl (C=O) groups excluding carboxylic acids is 2. The predicted molar refractivity (Wildman–Crippen MR) is 128 cm³/mol. The molecule has 5 rings (SSSR count). The first-order valence-corrected chi connectivity index (χ1v) is 12.6. The maximum Gasteiger partial charge on any atom is 0.274 e. The number of hydrogen-bond acceptors (Lipinski definition) is 4. The van der Waals surface area contributed by atoms with Crippen molar-refractivity contribution in [2.45, 2.75) is 24.8 Å². The number of para-hydroxylation sites is 1. The highest BCUT2D eigenvalue weighted by molar-refractivity contribution is 7.94. The molecule has 0 bridgehead atoms. The van der Waals surface area contributed by atoms with Crippen molar-refractivity contribution in [3.05, 3.63) is 94.5 Å². The second-order valence-electron chi connectivity index (χ2n) is 8.19. The number of halogens is 1. The number of sulfone groups is 1. The Balaban J connectivity index is 1.73. The second kappa shape index (κ2) is 7.71. The number of fused-ring (bicyclic) bond motifs is 2. The molecule has 33 heavy (non-hydrogen) atoms. The van der Waals surface area contributed by atoms with Gasteiger partial charge >= 0.3 is 0 Å². The molecule has 2 amide bonds. The Bertz CT molecular complexity index is 1400. The lowest BCUT2D eigenvalue weighted by molar-refractivity contribution is -0.123. The molecule has 0 N–H and O–H groups in total. The van der Waals surface area contributed by atoms with Gasteiger partial charge in [-0.05, 0) is 47.9 Å². The molecule has 3 aromatic carbocycles. The minimum absolute atomic E-state index is 0.130. The summed E-state index contributed by atoms with van der Waals surface area (Å²) in [5.41, 5.74) is 2.86. The number of aryl methyl sites for hydroxylation is 1. The van der Waals surface area contributed by atoms with E-state index in [1.165, 1.54) is 9.80 Å². The lowest BCUT2D eigenvalue weighted by atomic mass is 10.0. The van der Waals surface area contributed by atoms with Crippen LogP contribution in [0, 0.1) is 0 Å². The predicted octanol–water partition coefficient (Wildman–Crippen LogP) is 4.06. The molecule has 168 valence electrons. The highest BCUT2D eigenvalue weighted by atomic mass is 35.5. The van der Waals surface area contributed by atoms with Crippen molar-refractivity contribution in [2.75, 3.05) is 15.6 Å². The van der Waals surface area contributed by atoms with Gasteiger partial charge < -0.3 is 4.90 Å². The minimum Gasteiger partial charge on any atom is -0.304 e. The van der Waals surface area contributed by atoms with Crippen LogP contribution in [0.4, 0.5) is 11.4 Å². The molecule has 1 saturated heterocycles. The summed E-state index contributed by atoms with van der Waals surface area (Å²) in [5, 5.41) is 0.517. The van der Waals surface area contributed by atoms with Crippen LogP contribution in [0.3, 0.4) is 0 Å². The van der Waals surface area contributed by atoms with E-state index in [4.69, 9.17) is 11.6 Å². The minimum atomic E-state index is -4.19. The van der Waals surface area contributed by atoms with Crippen molar-refractivity contribution in [3.63, 3.8) is 0 Å². The molecule has 1 atom stereocenters. The molecule has 0 aromatic heterocycles. The van der Waals surface area contributed by atoms with Crippen LogP contribution in [0.15, 0.2) is 72.8 Å². The topological polar surface area (TPSA) is 74.8 Å². The number of carbonyl (C=O) groups is 2. The van der Waals surface area contributed by atoms with E-state index in [9.17, 15) is 18.0 Å². The Labute approximate surface area is 197 Å². The molecule has 1 unspecified atom stereocenters. The number of nitrogens with zero attached hydrogens (tertiary/aromatic N) is 2. The number of anilines is 2. The molecule has 0 aliphatic carbocycles. The highest BCUT2D eigenvalue weighted by Crippen LogP contribution is 2.52. The molecular weight excluding hydrogens is 460 g/mol. The van der Waals surface area contributed by atoms with E-state index in [-0.39, 0.29) is 6.54 Å². The van der Waals surface area contributed by atoms with E-state index >= 15 is 0 Å². The monoisotopic (exact) mass is 480 g/mol. The number of amides is 2. The zero-order valence-electron chi connectivity index (χ0n) is 17.9. The second-order valence-corrected chi connectivity index (χ2v) is 10.7. The first-order chi connectivity index (χ1) is 15.8. The van der Waals surface area contributed by atoms with Crippen molar-refractivity contribution in [1.82, 2.24) is 0 Å². The van der Waals surface area contributed by atoms with Crippen LogP contribution in [0.1, 0.15) is 23.6 Å². The lowest BCUT2D eigenvalue weighted by Crippen LogP contribution is -2.54. The first kappa shape index (κ1) is 21.7. The summed E-state index contributed by atoms with van der Waals surface area (Å²) in [6.45, 7) is 2.10. The van der Waals surface area contributed by atoms with Crippen LogP contribution < -0.4 is 9.80 Å². The van der Waals surface area contributed by atoms with Gasteiger partial charge in [0.15, 0.2) is 9.84 Å². The van der Waals surface area contributed by atoms with Gasteiger partial charge in [-0.15, -0.1) is 0 Å². The fourth-order valence-electron chi connectivity index (χ4n) is 4.78. The SMILES string of the molecule is CCc1cccc(N2C(=O)CS(=O)(=O)C23C(=O)N(Cc2cccc(Cl)c2)c2ccccc23)c1. The van der Waals surface area contributed by atoms with E-state index in [1.807, 2.05) is 19.1 Å². The van der Waals surface area contributed by atoms with E-state index in [1.54, 1.807) is 60.7 Å². The number of benzene rings is 3. The van der Waals surface area contributed by atoms with Crippen LogP contribution in [-0.2, 0) is 37.3 Å². The van der Waals surface area contributed by atoms with Crippen LogP contribution >= 0.6 is 11.6 Å². The first-order valence-electron chi connectivity index (χ1n) is 10.6. The molecular formula is C25H21ClN2O4S. The van der Waals surface area contributed by atoms with Crippen molar-refractivity contribution in [2.24, 2.45) is 0 Å². The smallest absolute Gasteiger partial charge is 0.274 e. The molecule has 3 aromatic rings. The third kappa shape index (κ3) is 3.10. The van der Waals surface area contributed by atoms with Gasteiger partial charge in [-0.2, -0.15) is 0 Å². The summed E-state index contributed by atoms with van der Waals surface area (Å²) < 4.78 is 27.3. The van der Waals surface area contributed by atoms with Crippen LogP contribution in [0.25, 0.3) is 0 Å². The Morgan fingerprint density at radius 3 is 2.42 bits per heavy atom.